The van der Waals surface area contributed by atoms with Crippen LogP contribution < -0.4 is 4.74 Å². The highest BCUT2D eigenvalue weighted by molar-refractivity contribution is 5.99. The van der Waals surface area contributed by atoms with Crippen molar-refractivity contribution in [2.24, 2.45) is 0 Å². The van der Waals surface area contributed by atoms with Gasteiger partial charge in [-0.3, -0.25) is 9.59 Å². The van der Waals surface area contributed by atoms with Crippen molar-refractivity contribution in [1.82, 2.24) is 0 Å². The van der Waals surface area contributed by atoms with E-state index in [9.17, 15) is 9.59 Å². The SMILES string of the molecule is CCOC(=O)CCC(=O)c1ccc(OC)c(-c2ccccc2)c1. The van der Waals surface area contributed by atoms with E-state index in [1.165, 1.54) is 0 Å². The Balaban J connectivity index is 2.20. The standard InChI is InChI=1S/C19H20O4/c1-3-23-19(21)12-10-17(20)15-9-11-18(22-2)16(13-15)14-7-5-4-6-8-14/h4-9,11,13H,3,10,12H2,1-2H3. The van der Waals surface area contributed by atoms with Gasteiger partial charge in [-0.2, -0.15) is 0 Å². The number of esters is 1. The Morgan fingerprint density at radius 1 is 1.00 bits per heavy atom. The van der Waals surface area contributed by atoms with Crippen LogP contribution in [-0.2, 0) is 9.53 Å². The Morgan fingerprint density at radius 2 is 1.74 bits per heavy atom. The van der Waals surface area contributed by atoms with E-state index in [0.29, 0.717) is 17.9 Å². The highest BCUT2D eigenvalue weighted by Gasteiger charge is 2.13. The first-order valence-corrected chi connectivity index (χ1v) is 7.58. The number of Topliss-reactive ketones (excluding diaryl/α,β-unsaturated/α-hetero) is 1. The summed E-state index contributed by atoms with van der Waals surface area (Å²) in [5.41, 5.74) is 2.40. The summed E-state index contributed by atoms with van der Waals surface area (Å²) in [6.45, 7) is 2.07. The molecule has 120 valence electrons. The lowest BCUT2D eigenvalue weighted by Crippen LogP contribution is -2.08. The predicted octanol–water partition coefficient (Wildman–Crippen LogP) is 3.89. The summed E-state index contributed by atoms with van der Waals surface area (Å²) in [4.78, 5) is 23.7. The maximum Gasteiger partial charge on any atom is 0.306 e. The van der Waals surface area contributed by atoms with Crippen molar-refractivity contribution in [3.05, 3.63) is 54.1 Å². The van der Waals surface area contributed by atoms with Gasteiger partial charge in [0.1, 0.15) is 5.75 Å². The average molecular weight is 312 g/mol. The second kappa shape index (κ2) is 8.13. The smallest absolute Gasteiger partial charge is 0.306 e. The van der Waals surface area contributed by atoms with Crippen LogP contribution >= 0.6 is 0 Å². The van der Waals surface area contributed by atoms with E-state index in [1.54, 1.807) is 26.2 Å². The molecule has 4 heteroatoms. The minimum atomic E-state index is -0.349. The molecule has 0 amide bonds. The number of methoxy groups -OCH3 is 1. The molecule has 0 aliphatic rings. The zero-order valence-electron chi connectivity index (χ0n) is 13.4. The molecular weight excluding hydrogens is 292 g/mol. The highest BCUT2D eigenvalue weighted by atomic mass is 16.5. The van der Waals surface area contributed by atoms with E-state index in [-0.39, 0.29) is 24.6 Å². The Hall–Kier alpha value is -2.62. The Bertz CT molecular complexity index is 677. The van der Waals surface area contributed by atoms with Crippen molar-refractivity contribution in [2.45, 2.75) is 19.8 Å². The van der Waals surface area contributed by atoms with Crippen molar-refractivity contribution in [2.75, 3.05) is 13.7 Å². The van der Waals surface area contributed by atoms with Crippen molar-refractivity contribution < 1.29 is 19.1 Å². The Kier molecular flexibility index (Phi) is 5.92. The number of benzene rings is 2. The molecule has 0 aliphatic carbocycles. The van der Waals surface area contributed by atoms with Crippen LogP contribution in [0.2, 0.25) is 0 Å². The molecule has 2 aromatic rings. The zero-order valence-corrected chi connectivity index (χ0v) is 13.4. The van der Waals surface area contributed by atoms with E-state index in [1.807, 2.05) is 36.4 Å². The fourth-order valence-electron chi connectivity index (χ4n) is 2.32. The molecule has 0 aromatic heterocycles. The largest absolute Gasteiger partial charge is 0.496 e. The van der Waals surface area contributed by atoms with Crippen LogP contribution in [0.3, 0.4) is 0 Å². The van der Waals surface area contributed by atoms with Crippen LogP contribution in [0.25, 0.3) is 11.1 Å². The lowest BCUT2D eigenvalue weighted by Gasteiger charge is -2.11. The molecule has 0 unspecified atom stereocenters. The van der Waals surface area contributed by atoms with E-state index in [4.69, 9.17) is 9.47 Å². The number of carbonyl (C=O) groups excluding carboxylic acids is 2. The van der Waals surface area contributed by atoms with Gasteiger partial charge in [-0.15, -0.1) is 0 Å². The molecule has 0 saturated heterocycles. The molecular formula is C19H20O4. The van der Waals surface area contributed by atoms with Crippen molar-refractivity contribution in [1.29, 1.82) is 0 Å². The number of ether oxygens (including phenoxy) is 2. The summed E-state index contributed by atoms with van der Waals surface area (Å²) >= 11 is 0. The minimum absolute atomic E-state index is 0.0853. The second-order valence-corrected chi connectivity index (χ2v) is 5.01. The lowest BCUT2D eigenvalue weighted by atomic mass is 9.98. The minimum Gasteiger partial charge on any atom is -0.496 e. The predicted molar refractivity (Wildman–Crippen MR) is 88.6 cm³/mol. The van der Waals surface area contributed by atoms with E-state index >= 15 is 0 Å². The van der Waals surface area contributed by atoms with Crippen LogP contribution in [-0.4, -0.2) is 25.5 Å². The number of ketones is 1. The number of rotatable bonds is 7. The van der Waals surface area contributed by atoms with Gasteiger partial charge in [0.15, 0.2) is 5.78 Å². The highest BCUT2D eigenvalue weighted by Crippen LogP contribution is 2.31. The molecule has 2 rings (SSSR count). The fourth-order valence-corrected chi connectivity index (χ4v) is 2.32. The number of hydrogen-bond acceptors (Lipinski definition) is 4. The first kappa shape index (κ1) is 16.7. The van der Waals surface area contributed by atoms with Gasteiger partial charge in [0.05, 0.1) is 20.1 Å². The Labute approximate surface area is 136 Å². The number of hydrogen-bond donors (Lipinski definition) is 0. The van der Waals surface area contributed by atoms with Gasteiger partial charge in [-0.25, -0.2) is 0 Å². The zero-order chi connectivity index (χ0) is 16.7. The summed E-state index contributed by atoms with van der Waals surface area (Å²) in [6.07, 6.45) is 0.235. The molecule has 4 nitrogen and oxygen atoms in total. The summed E-state index contributed by atoms with van der Waals surface area (Å²) in [6, 6.07) is 15.0. The molecule has 0 saturated carbocycles. The van der Waals surface area contributed by atoms with Crippen molar-refractivity contribution >= 4 is 11.8 Å². The normalized spacial score (nSPS) is 10.2. The topological polar surface area (TPSA) is 52.6 Å². The van der Waals surface area contributed by atoms with Crippen LogP contribution in [0.4, 0.5) is 0 Å². The van der Waals surface area contributed by atoms with Crippen LogP contribution in [0, 0.1) is 0 Å². The molecule has 0 bridgehead atoms. The fraction of sp³-hybridized carbons (Fsp3) is 0.263. The third kappa shape index (κ3) is 4.42. The molecule has 0 N–H and O–H groups in total. The quantitative estimate of drug-likeness (QED) is 0.575. The van der Waals surface area contributed by atoms with E-state index in [2.05, 4.69) is 0 Å². The van der Waals surface area contributed by atoms with Gasteiger partial charge in [0.25, 0.3) is 0 Å². The summed E-state index contributed by atoms with van der Waals surface area (Å²) in [5, 5.41) is 0. The maximum atomic E-state index is 12.3. The molecule has 23 heavy (non-hydrogen) atoms. The van der Waals surface area contributed by atoms with Gasteiger partial charge >= 0.3 is 5.97 Å². The van der Waals surface area contributed by atoms with E-state index in [0.717, 1.165) is 11.1 Å². The summed E-state index contributed by atoms with van der Waals surface area (Å²) in [7, 11) is 1.60. The third-order valence-corrected chi connectivity index (χ3v) is 3.47. The monoisotopic (exact) mass is 312 g/mol. The Morgan fingerprint density at radius 3 is 2.39 bits per heavy atom. The molecule has 0 spiro atoms. The van der Waals surface area contributed by atoms with Gasteiger partial charge in [0.2, 0.25) is 0 Å². The first-order chi connectivity index (χ1) is 11.2. The first-order valence-electron chi connectivity index (χ1n) is 7.58. The second-order valence-electron chi connectivity index (χ2n) is 5.01. The van der Waals surface area contributed by atoms with Crippen LogP contribution in [0.15, 0.2) is 48.5 Å². The molecule has 0 fully saturated rings. The van der Waals surface area contributed by atoms with E-state index < -0.39 is 0 Å². The molecule has 2 aromatic carbocycles. The van der Waals surface area contributed by atoms with Gasteiger partial charge in [-0.05, 0) is 30.7 Å². The lowest BCUT2D eigenvalue weighted by molar-refractivity contribution is -0.143. The summed E-state index contributed by atoms with van der Waals surface area (Å²) < 4.78 is 10.2. The van der Waals surface area contributed by atoms with Gasteiger partial charge in [0, 0.05) is 17.5 Å². The number of carbonyl (C=O) groups is 2. The molecule has 0 atom stereocenters. The van der Waals surface area contributed by atoms with Crippen LogP contribution in [0.1, 0.15) is 30.1 Å². The molecule has 0 heterocycles. The maximum absolute atomic E-state index is 12.3. The van der Waals surface area contributed by atoms with Crippen molar-refractivity contribution in [3.63, 3.8) is 0 Å². The average Bonchev–Trinajstić information content (AvgIpc) is 2.60. The van der Waals surface area contributed by atoms with Gasteiger partial charge < -0.3 is 9.47 Å². The van der Waals surface area contributed by atoms with Crippen LogP contribution in [0.5, 0.6) is 5.75 Å². The third-order valence-electron chi connectivity index (χ3n) is 3.47. The van der Waals surface area contributed by atoms with Crippen molar-refractivity contribution in [3.8, 4) is 16.9 Å². The summed E-state index contributed by atoms with van der Waals surface area (Å²) in [5.74, 6) is 0.272. The molecule has 0 aliphatic heterocycles. The molecule has 0 radical (unpaired) electrons. The van der Waals surface area contributed by atoms with Gasteiger partial charge in [-0.1, -0.05) is 30.3 Å².